The molecule has 0 bridgehead atoms. The van der Waals surface area contributed by atoms with E-state index < -0.39 is 16.1 Å². The summed E-state index contributed by atoms with van der Waals surface area (Å²) in [6, 6.07) is 21.0. The van der Waals surface area contributed by atoms with Gasteiger partial charge in [0.25, 0.3) is 0 Å². The predicted octanol–water partition coefficient (Wildman–Crippen LogP) is 6.01. The third-order valence-electron chi connectivity index (χ3n) is 6.68. The summed E-state index contributed by atoms with van der Waals surface area (Å²) in [5.74, 6) is -0.574. The average Bonchev–Trinajstić information content (AvgIpc) is 2.93. The lowest BCUT2D eigenvalue weighted by atomic mass is 10.0. The van der Waals surface area contributed by atoms with Gasteiger partial charge in [-0.1, -0.05) is 84.2 Å². The first kappa shape index (κ1) is 32.4. The summed E-state index contributed by atoms with van der Waals surface area (Å²) in [4.78, 5) is 28.9. The monoisotopic (exact) mass is 617 g/mol. The van der Waals surface area contributed by atoms with Gasteiger partial charge >= 0.3 is 0 Å². The SMILES string of the molecule is CCCNC(=O)[C@@H](Cc1ccccc1)N(Cc1c(Cl)cccc1Cl)C(=O)CCCN(c1ccc(C)cc1)S(C)(=O)=O. The molecule has 0 unspecified atom stereocenters. The van der Waals surface area contributed by atoms with Crippen LogP contribution in [0.1, 0.15) is 42.9 Å². The van der Waals surface area contributed by atoms with Crippen molar-refractivity contribution in [3.8, 4) is 0 Å². The fourth-order valence-electron chi connectivity index (χ4n) is 4.49. The zero-order valence-electron chi connectivity index (χ0n) is 23.6. The minimum atomic E-state index is -3.58. The maximum absolute atomic E-state index is 13.9. The lowest BCUT2D eigenvalue weighted by Gasteiger charge is -2.32. The van der Waals surface area contributed by atoms with Gasteiger partial charge in [-0.2, -0.15) is 0 Å². The Morgan fingerprint density at radius 3 is 2.15 bits per heavy atom. The van der Waals surface area contributed by atoms with E-state index in [2.05, 4.69) is 5.32 Å². The van der Waals surface area contributed by atoms with E-state index in [1.807, 2.05) is 56.3 Å². The molecule has 3 rings (SSSR count). The molecule has 0 spiro atoms. The van der Waals surface area contributed by atoms with Crippen molar-refractivity contribution in [3.05, 3.63) is 99.5 Å². The van der Waals surface area contributed by atoms with Gasteiger partial charge in [-0.15, -0.1) is 0 Å². The molecule has 7 nitrogen and oxygen atoms in total. The van der Waals surface area contributed by atoms with E-state index in [9.17, 15) is 18.0 Å². The number of aryl methyl sites for hydroxylation is 1. The third-order valence-corrected chi connectivity index (χ3v) is 8.59. The van der Waals surface area contributed by atoms with Crippen LogP contribution in [0.3, 0.4) is 0 Å². The van der Waals surface area contributed by atoms with Crippen molar-refractivity contribution in [1.82, 2.24) is 10.2 Å². The number of hydrogen-bond donors (Lipinski definition) is 1. The van der Waals surface area contributed by atoms with Gasteiger partial charge in [-0.25, -0.2) is 8.42 Å². The van der Waals surface area contributed by atoms with Gasteiger partial charge < -0.3 is 10.2 Å². The predicted molar refractivity (Wildman–Crippen MR) is 167 cm³/mol. The number of carbonyl (C=O) groups is 2. The fourth-order valence-corrected chi connectivity index (χ4v) is 5.97. The highest BCUT2D eigenvalue weighted by atomic mass is 35.5. The summed E-state index contributed by atoms with van der Waals surface area (Å²) in [7, 11) is -3.58. The molecule has 3 aromatic rings. The Labute approximate surface area is 253 Å². The van der Waals surface area contributed by atoms with Crippen LogP contribution in [0.2, 0.25) is 10.0 Å². The number of amides is 2. The van der Waals surface area contributed by atoms with E-state index in [4.69, 9.17) is 23.2 Å². The highest BCUT2D eigenvalue weighted by molar-refractivity contribution is 7.92. The summed E-state index contributed by atoms with van der Waals surface area (Å²) in [5.41, 5.74) is 2.99. The lowest BCUT2D eigenvalue weighted by molar-refractivity contribution is -0.141. The topological polar surface area (TPSA) is 86.8 Å². The van der Waals surface area contributed by atoms with Crippen molar-refractivity contribution in [3.63, 3.8) is 0 Å². The van der Waals surface area contributed by atoms with Crippen LogP contribution in [0.25, 0.3) is 0 Å². The van der Waals surface area contributed by atoms with E-state index in [-0.39, 0.29) is 37.7 Å². The van der Waals surface area contributed by atoms with Crippen LogP contribution < -0.4 is 9.62 Å². The maximum Gasteiger partial charge on any atom is 0.243 e. The summed E-state index contributed by atoms with van der Waals surface area (Å²) >= 11 is 13.0. The van der Waals surface area contributed by atoms with E-state index in [1.54, 1.807) is 30.3 Å². The van der Waals surface area contributed by atoms with Crippen LogP contribution in [0.4, 0.5) is 5.69 Å². The zero-order chi connectivity index (χ0) is 30.0. The number of nitrogens with one attached hydrogen (secondary N) is 1. The second kappa shape index (κ2) is 15.2. The molecule has 0 aromatic heterocycles. The number of hydrogen-bond acceptors (Lipinski definition) is 4. The number of sulfonamides is 1. The Bertz CT molecular complexity index is 1400. The number of rotatable bonds is 14. The van der Waals surface area contributed by atoms with Gasteiger partial charge in [0, 0.05) is 48.1 Å². The van der Waals surface area contributed by atoms with Gasteiger partial charge in [0.15, 0.2) is 0 Å². The van der Waals surface area contributed by atoms with Crippen molar-refractivity contribution in [2.24, 2.45) is 0 Å². The Kier molecular flexibility index (Phi) is 12.1. The van der Waals surface area contributed by atoms with Crippen LogP contribution in [0.5, 0.6) is 0 Å². The third kappa shape index (κ3) is 9.48. The average molecular weight is 619 g/mol. The second-order valence-corrected chi connectivity index (χ2v) is 12.7. The standard InChI is InChI=1S/C31H37Cl2N3O4S/c1-4-19-34-31(38)29(21-24-10-6-5-7-11-24)35(22-26-27(32)12-8-13-28(26)33)30(37)14-9-20-36(41(3,39)40)25-17-15-23(2)16-18-25/h5-8,10-13,15-18,29H,4,9,14,19-22H2,1-3H3,(H,34,38)/t29-/m1/s1. The molecule has 0 aliphatic rings. The molecule has 1 atom stereocenters. The van der Waals surface area contributed by atoms with E-state index in [0.717, 1.165) is 23.8 Å². The molecule has 220 valence electrons. The number of nitrogens with zero attached hydrogens (tertiary/aromatic N) is 2. The first-order chi connectivity index (χ1) is 19.5. The summed E-state index contributed by atoms with van der Waals surface area (Å²) in [6.45, 7) is 4.50. The molecular formula is C31H37Cl2N3O4S. The molecule has 0 saturated carbocycles. The van der Waals surface area contributed by atoms with Crippen molar-refractivity contribution in [2.75, 3.05) is 23.7 Å². The molecular weight excluding hydrogens is 581 g/mol. The van der Waals surface area contributed by atoms with Crippen LogP contribution in [-0.2, 0) is 32.6 Å². The maximum atomic E-state index is 13.9. The normalized spacial score (nSPS) is 12.0. The van der Waals surface area contributed by atoms with Crippen molar-refractivity contribution in [2.45, 2.75) is 52.1 Å². The summed E-state index contributed by atoms with van der Waals surface area (Å²) in [6.07, 6.45) is 2.46. The molecule has 0 saturated heterocycles. The summed E-state index contributed by atoms with van der Waals surface area (Å²) < 4.78 is 26.5. The van der Waals surface area contributed by atoms with Crippen molar-refractivity contribution in [1.29, 1.82) is 0 Å². The summed E-state index contributed by atoms with van der Waals surface area (Å²) in [5, 5.41) is 3.72. The molecule has 3 aromatic carbocycles. The van der Waals surface area contributed by atoms with Gasteiger partial charge in [0.1, 0.15) is 6.04 Å². The second-order valence-electron chi connectivity index (χ2n) is 9.99. The Hall–Kier alpha value is -3.07. The number of anilines is 1. The minimum absolute atomic E-state index is 0.0201. The van der Waals surface area contributed by atoms with Crippen LogP contribution in [0.15, 0.2) is 72.8 Å². The highest BCUT2D eigenvalue weighted by Crippen LogP contribution is 2.28. The number of carbonyl (C=O) groups excluding carboxylic acids is 2. The Balaban J connectivity index is 1.91. The molecule has 0 aliphatic heterocycles. The fraction of sp³-hybridized carbons (Fsp3) is 0.355. The van der Waals surface area contributed by atoms with Crippen LogP contribution in [-0.4, -0.2) is 50.5 Å². The highest BCUT2D eigenvalue weighted by Gasteiger charge is 2.31. The molecule has 41 heavy (non-hydrogen) atoms. The Morgan fingerprint density at radius 2 is 1.56 bits per heavy atom. The molecule has 0 aliphatic carbocycles. The first-order valence-electron chi connectivity index (χ1n) is 13.6. The smallest absolute Gasteiger partial charge is 0.243 e. The molecule has 1 N–H and O–H groups in total. The van der Waals surface area contributed by atoms with Crippen LogP contribution >= 0.6 is 23.2 Å². The minimum Gasteiger partial charge on any atom is -0.354 e. The van der Waals surface area contributed by atoms with Crippen molar-refractivity contribution >= 4 is 50.7 Å². The Morgan fingerprint density at radius 1 is 0.927 bits per heavy atom. The van der Waals surface area contributed by atoms with E-state index in [0.29, 0.717) is 34.3 Å². The van der Waals surface area contributed by atoms with Gasteiger partial charge in [0.2, 0.25) is 21.8 Å². The lowest BCUT2D eigenvalue weighted by Crippen LogP contribution is -2.50. The zero-order valence-corrected chi connectivity index (χ0v) is 26.0. The molecule has 2 amide bonds. The molecule has 10 heteroatoms. The quantitative estimate of drug-likeness (QED) is 0.240. The van der Waals surface area contributed by atoms with Crippen molar-refractivity contribution < 1.29 is 18.0 Å². The van der Waals surface area contributed by atoms with Gasteiger partial charge in [0.05, 0.1) is 11.9 Å². The molecule has 0 heterocycles. The van der Waals surface area contributed by atoms with E-state index in [1.165, 1.54) is 9.21 Å². The van der Waals surface area contributed by atoms with E-state index >= 15 is 0 Å². The molecule has 0 fully saturated rings. The van der Waals surface area contributed by atoms with Gasteiger partial charge in [-0.3, -0.25) is 13.9 Å². The number of halogens is 2. The molecule has 0 radical (unpaired) electrons. The largest absolute Gasteiger partial charge is 0.354 e. The first-order valence-corrected chi connectivity index (χ1v) is 16.2. The number of benzene rings is 3. The van der Waals surface area contributed by atoms with Gasteiger partial charge in [-0.05, 0) is 49.6 Å². The van der Waals surface area contributed by atoms with Crippen LogP contribution in [0, 0.1) is 6.92 Å².